The van der Waals surface area contributed by atoms with E-state index in [9.17, 15) is 14.4 Å². The molecule has 1 amide bonds. The van der Waals surface area contributed by atoms with Gasteiger partial charge in [0.15, 0.2) is 0 Å². The number of amides is 1. The SMILES string of the molecule is CCOC(=O)CNC(=O)c1c(Br)csc1C(=O)OC. The average molecular weight is 350 g/mol. The van der Waals surface area contributed by atoms with Gasteiger partial charge in [-0.1, -0.05) is 0 Å². The van der Waals surface area contributed by atoms with Crippen molar-refractivity contribution in [1.82, 2.24) is 5.32 Å². The van der Waals surface area contributed by atoms with E-state index in [1.807, 2.05) is 0 Å². The molecule has 0 saturated carbocycles. The summed E-state index contributed by atoms with van der Waals surface area (Å²) in [6.45, 7) is 1.66. The normalized spacial score (nSPS) is 9.84. The number of methoxy groups -OCH3 is 1. The third-order valence-electron chi connectivity index (χ3n) is 2.04. The first-order valence-electron chi connectivity index (χ1n) is 5.30. The van der Waals surface area contributed by atoms with Crippen molar-refractivity contribution in [3.8, 4) is 0 Å². The van der Waals surface area contributed by atoms with Gasteiger partial charge in [-0.2, -0.15) is 0 Å². The standard InChI is InChI=1S/C11H12BrNO5S/c1-3-18-7(14)4-13-10(15)8-6(12)5-19-9(8)11(16)17-2/h5H,3-4H2,1-2H3,(H,13,15). The molecular formula is C11H12BrNO5S. The highest BCUT2D eigenvalue weighted by Gasteiger charge is 2.23. The molecule has 0 atom stereocenters. The first-order chi connectivity index (χ1) is 9.01. The minimum absolute atomic E-state index is 0.154. The van der Waals surface area contributed by atoms with Gasteiger partial charge in [-0.25, -0.2) is 4.79 Å². The molecule has 1 N–H and O–H groups in total. The van der Waals surface area contributed by atoms with Crippen LogP contribution in [0.1, 0.15) is 27.0 Å². The summed E-state index contributed by atoms with van der Waals surface area (Å²) in [5.74, 6) is -1.68. The van der Waals surface area contributed by atoms with Crippen molar-refractivity contribution < 1.29 is 23.9 Å². The lowest BCUT2D eigenvalue weighted by Gasteiger charge is -2.06. The van der Waals surface area contributed by atoms with Gasteiger partial charge in [0.1, 0.15) is 11.4 Å². The van der Waals surface area contributed by atoms with E-state index < -0.39 is 17.8 Å². The van der Waals surface area contributed by atoms with Gasteiger partial charge in [-0.15, -0.1) is 11.3 Å². The molecule has 1 heterocycles. The molecule has 104 valence electrons. The zero-order valence-electron chi connectivity index (χ0n) is 10.3. The van der Waals surface area contributed by atoms with Crippen LogP contribution in [0.5, 0.6) is 0 Å². The molecule has 0 aliphatic heterocycles. The third kappa shape index (κ3) is 4.03. The number of halogens is 1. The lowest BCUT2D eigenvalue weighted by atomic mass is 10.2. The maximum absolute atomic E-state index is 11.9. The van der Waals surface area contributed by atoms with E-state index in [0.29, 0.717) is 4.47 Å². The largest absolute Gasteiger partial charge is 0.465 e. The van der Waals surface area contributed by atoms with Crippen LogP contribution >= 0.6 is 27.3 Å². The lowest BCUT2D eigenvalue weighted by molar-refractivity contribution is -0.141. The zero-order valence-corrected chi connectivity index (χ0v) is 12.7. The van der Waals surface area contributed by atoms with Crippen LogP contribution in [0.15, 0.2) is 9.85 Å². The van der Waals surface area contributed by atoms with Crippen LogP contribution in [-0.2, 0) is 14.3 Å². The molecule has 1 aromatic rings. The number of rotatable bonds is 5. The van der Waals surface area contributed by atoms with Gasteiger partial charge in [0, 0.05) is 9.85 Å². The highest BCUT2D eigenvalue weighted by Crippen LogP contribution is 2.28. The number of carbonyl (C=O) groups excluding carboxylic acids is 3. The fourth-order valence-corrected chi connectivity index (χ4v) is 2.87. The molecular weight excluding hydrogens is 338 g/mol. The van der Waals surface area contributed by atoms with Crippen LogP contribution in [0.3, 0.4) is 0 Å². The Morgan fingerprint density at radius 3 is 2.68 bits per heavy atom. The van der Waals surface area contributed by atoms with Crippen LogP contribution < -0.4 is 5.32 Å². The van der Waals surface area contributed by atoms with E-state index in [1.54, 1.807) is 12.3 Å². The molecule has 8 heteroatoms. The minimum atomic E-state index is -0.600. The van der Waals surface area contributed by atoms with Crippen molar-refractivity contribution in [1.29, 1.82) is 0 Å². The Balaban J connectivity index is 2.79. The fourth-order valence-electron chi connectivity index (χ4n) is 1.24. The summed E-state index contributed by atoms with van der Waals surface area (Å²) in [6, 6.07) is 0. The molecule has 0 radical (unpaired) electrons. The van der Waals surface area contributed by atoms with Gasteiger partial charge < -0.3 is 14.8 Å². The van der Waals surface area contributed by atoms with E-state index in [0.717, 1.165) is 11.3 Å². The predicted octanol–water partition coefficient (Wildman–Crippen LogP) is 1.59. The summed E-state index contributed by atoms with van der Waals surface area (Å²) in [6.07, 6.45) is 0. The van der Waals surface area contributed by atoms with Gasteiger partial charge in [0.05, 0.1) is 19.3 Å². The molecule has 0 aliphatic carbocycles. The molecule has 0 saturated heterocycles. The Morgan fingerprint density at radius 2 is 2.11 bits per heavy atom. The molecule has 0 spiro atoms. The second-order valence-corrected chi connectivity index (χ2v) is 5.00. The van der Waals surface area contributed by atoms with Crippen molar-refractivity contribution in [3.05, 3.63) is 20.3 Å². The van der Waals surface area contributed by atoms with Crippen LogP contribution in [0.2, 0.25) is 0 Å². The number of thiophene rings is 1. The number of esters is 2. The Bertz CT molecular complexity index is 499. The highest BCUT2D eigenvalue weighted by atomic mass is 79.9. The predicted molar refractivity (Wildman–Crippen MR) is 72.3 cm³/mol. The molecule has 0 fully saturated rings. The number of ether oxygens (including phenoxy) is 2. The van der Waals surface area contributed by atoms with Gasteiger partial charge >= 0.3 is 11.9 Å². The minimum Gasteiger partial charge on any atom is -0.465 e. The highest BCUT2D eigenvalue weighted by molar-refractivity contribution is 9.10. The van der Waals surface area contributed by atoms with Crippen molar-refractivity contribution in [2.45, 2.75) is 6.92 Å². The maximum Gasteiger partial charge on any atom is 0.348 e. The van der Waals surface area contributed by atoms with Crippen molar-refractivity contribution in [2.24, 2.45) is 0 Å². The molecule has 0 bridgehead atoms. The number of carbonyl (C=O) groups is 3. The van der Waals surface area contributed by atoms with Crippen molar-refractivity contribution >= 4 is 45.1 Å². The Kier molecular flexibility index (Phi) is 5.97. The molecule has 6 nitrogen and oxygen atoms in total. The van der Waals surface area contributed by atoms with E-state index in [-0.39, 0.29) is 23.6 Å². The summed E-state index contributed by atoms with van der Waals surface area (Å²) >= 11 is 4.26. The summed E-state index contributed by atoms with van der Waals surface area (Å²) in [5, 5.41) is 3.99. The molecule has 19 heavy (non-hydrogen) atoms. The van der Waals surface area contributed by atoms with Crippen molar-refractivity contribution in [3.63, 3.8) is 0 Å². The Morgan fingerprint density at radius 1 is 1.42 bits per heavy atom. The van der Waals surface area contributed by atoms with Crippen LogP contribution in [0, 0.1) is 0 Å². The fraction of sp³-hybridized carbons (Fsp3) is 0.364. The van der Waals surface area contributed by atoms with E-state index in [2.05, 4.69) is 30.7 Å². The molecule has 0 aliphatic rings. The molecule has 1 rings (SSSR count). The Hall–Kier alpha value is -1.41. The quantitative estimate of drug-likeness (QED) is 0.816. The maximum atomic E-state index is 11.9. The second kappa shape index (κ2) is 7.25. The smallest absolute Gasteiger partial charge is 0.348 e. The van der Waals surface area contributed by atoms with Crippen LogP contribution in [0.25, 0.3) is 0 Å². The van der Waals surface area contributed by atoms with Gasteiger partial charge in [0.2, 0.25) is 0 Å². The van der Waals surface area contributed by atoms with Crippen LogP contribution in [-0.4, -0.2) is 38.1 Å². The molecule has 0 unspecified atom stereocenters. The van der Waals surface area contributed by atoms with Gasteiger partial charge in [0.25, 0.3) is 5.91 Å². The Labute approximate surface area is 122 Å². The van der Waals surface area contributed by atoms with Gasteiger partial charge in [-0.05, 0) is 22.9 Å². The van der Waals surface area contributed by atoms with E-state index >= 15 is 0 Å². The summed E-state index contributed by atoms with van der Waals surface area (Å²) in [4.78, 5) is 34.7. The van der Waals surface area contributed by atoms with Crippen molar-refractivity contribution in [2.75, 3.05) is 20.3 Å². The van der Waals surface area contributed by atoms with Crippen LogP contribution in [0.4, 0.5) is 0 Å². The number of hydrogen-bond acceptors (Lipinski definition) is 6. The first-order valence-corrected chi connectivity index (χ1v) is 6.97. The summed E-state index contributed by atoms with van der Waals surface area (Å²) in [5.41, 5.74) is 0.154. The van der Waals surface area contributed by atoms with E-state index in [1.165, 1.54) is 7.11 Å². The number of hydrogen-bond donors (Lipinski definition) is 1. The topological polar surface area (TPSA) is 81.7 Å². The zero-order chi connectivity index (χ0) is 14.4. The average Bonchev–Trinajstić information content (AvgIpc) is 2.77. The molecule has 1 aromatic heterocycles. The number of nitrogens with one attached hydrogen (secondary N) is 1. The van der Waals surface area contributed by atoms with E-state index in [4.69, 9.17) is 0 Å². The molecule has 0 aromatic carbocycles. The summed E-state index contributed by atoms with van der Waals surface area (Å²) < 4.78 is 9.74. The first kappa shape index (κ1) is 15.6. The van der Waals surface area contributed by atoms with Gasteiger partial charge in [-0.3, -0.25) is 9.59 Å². The summed E-state index contributed by atoms with van der Waals surface area (Å²) in [7, 11) is 1.23. The monoisotopic (exact) mass is 349 g/mol. The lowest BCUT2D eigenvalue weighted by Crippen LogP contribution is -2.31. The second-order valence-electron chi connectivity index (χ2n) is 3.27. The third-order valence-corrected chi connectivity index (χ3v) is 3.93.